The largest absolute Gasteiger partial charge is 0.393 e. The first-order valence-electron chi connectivity index (χ1n) is 3.55. The minimum Gasteiger partial charge on any atom is -0.393 e. The first kappa shape index (κ1) is 11.9. The third-order valence-corrected chi connectivity index (χ3v) is 1.70. The van der Waals surface area contributed by atoms with E-state index in [2.05, 4.69) is 0 Å². The summed E-state index contributed by atoms with van der Waals surface area (Å²) in [5.74, 6) is 0. The van der Waals surface area contributed by atoms with Gasteiger partial charge in [0.15, 0.2) is 0 Å². The van der Waals surface area contributed by atoms with Crippen LogP contribution in [0.15, 0.2) is 30.3 Å². The van der Waals surface area contributed by atoms with E-state index in [4.69, 9.17) is 5.11 Å². The summed E-state index contributed by atoms with van der Waals surface area (Å²) in [4.78, 5) is 0. The zero-order chi connectivity index (χ0) is 8.32. The van der Waals surface area contributed by atoms with Crippen LogP contribution in [0.4, 0.5) is 0 Å². The van der Waals surface area contributed by atoms with E-state index in [-0.39, 0.29) is 29.0 Å². The topological polar surface area (TPSA) is 40.5 Å². The average molecular weight is 349 g/mol. The Bertz CT molecular complexity index is 221. The van der Waals surface area contributed by atoms with E-state index >= 15 is 0 Å². The molecule has 1 radical (unpaired) electrons. The minimum atomic E-state index is -1.11. The van der Waals surface area contributed by atoms with Gasteiger partial charge in [-0.1, -0.05) is 30.3 Å². The molecule has 1 atom stereocenters. The Labute approximate surface area is 87.7 Å². The normalized spacial score (nSPS) is 14.6. The molecule has 1 aromatic carbocycles. The van der Waals surface area contributed by atoms with Crippen LogP contribution in [0.25, 0.3) is 0 Å². The molecule has 1 aromatic rings. The Morgan fingerprint density at radius 1 is 1.25 bits per heavy atom. The summed E-state index contributed by atoms with van der Waals surface area (Å²) < 4.78 is 0. The van der Waals surface area contributed by atoms with E-state index in [9.17, 15) is 5.11 Å². The molecule has 0 bridgehead atoms. The van der Waals surface area contributed by atoms with Gasteiger partial charge in [0.2, 0.25) is 0 Å². The van der Waals surface area contributed by atoms with Crippen molar-refractivity contribution in [3.63, 3.8) is 0 Å². The van der Waals surface area contributed by atoms with Gasteiger partial charge >= 0.3 is 0 Å². The monoisotopic (exact) mass is 349 g/mol. The van der Waals surface area contributed by atoms with Crippen molar-refractivity contribution in [1.82, 2.24) is 0 Å². The van der Waals surface area contributed by atoms with E-state index in [1.54, 1.807) is 19.1 Å². The van der Waals surface area contributed by atoms with Crippen molar-refractivity contribution in [2.45, 2.75) is 12.5 Å². The Morgan fingerprint density at radius 2 is 1.75 bits per heavy atom. The predicted octanol–water partition coefficient (Wildman–Crippen LogP) is 0.884. The molecule has 71 valence electrons. The minimum absolute atomic E-state index is 0. The predicted molar refractivity (Wildman–Crippen MR) is 43.1 cm³/mol. The maximum Gasteiger partial charge on any atom is 0.110 e. The molecule has 0 aromatic heterocycles. The molecule has 12 heavy (non-hydrogen) atoms. The van der Waals surface area contributed by atoms with E-state index < -0.39 is 5.60 Å². The number of aliphatic hydroxyl groups is 2. The molecule has 1 rings (SSSR count). The summed E-state index contributed by atoms with van der Waals surface area (Å²) in [6.07, 6.45) is 0. The molecule has 0 aliphatic heterocycles. The van der Waals surface area contributed by atoms with E-state index in [1.165, 1.54) is 0 Å². The second-order valence-electron chi connectivity index (χ2n) is 2.80. The summed E-state index contributed by atoms with van der Waals surface area (Å²) in [7, 11) is 0. The molecule has 0 amide bonds. The van der Waals surface area contributed by atoms with Gasteiger partial charge in [-0.25, -0.2) is 0 Å². The van der Waals surface area contributed by atoms with E-state index in [1.807, 2.05) is 18.2 Å². The number of hydrogen-bond acceptors (Lipinski definition) is 2. The zero-order valence-corrected chi connectivity index (χ0v) is 8.96. The molecule has 2 N–H and O–H groups in total. The Kier molecular flexibility index (Phi) is 4.75. The van der Waals surface area contributed by atoms with Crippen molar-refractivity contribution in [1.29, 1.82) is 0 Å². The second-order valence-corrected chi connectivity index (χ2v) is 2.80. The SMILES string of the molecule is CC(O)(CO)c1ccccc1.[Au]. The van der Waals surface area contributed by atoms with Gasteiger partial charge < -0.3 is 10.2 Å². The fourth-order valence-electron chi connectivity index (χ4n) is 0.888. The molecule has 0 saturated heterocycles. The number of benzene rings is 1. The van der Waals surface area contributed by atoms with E-state index in [0.717, 1.165) is 5.56 Å². The zero-order valence-electron chi connectivity index (χ0n) is 6.79. The third-order valence-electron chi connectivity index (χ3n) is 1.70. The van der Waals surface area contributed by atoms with Crippen molar-refractivity contribution in [2.24, 2.45) is 0 Å². The van der Waals surface area contributed by atoms with Crippen LogP contribution in [-0.4, -0.2) is 16.8 Å². The molecular weight excluding hydrogens is 337 g/mol. The molecule has 0 spiro atoms. The van der Waals surface area contributed by atoms with Crippen LogP contribution in [0.5, 0.6) is 0 Å². The quantitative estimate of drug-likeness (QED) is 0.779. The molecular formula is C9H12AuO2. The van der Waals surface area contributed by atoms with Gasteiger partial charge in [-0.15, -0.1) is 0 Å². The van der Waals surface area contributed by atoms with Crippen LogP contribution < -0.4 is 0 Å². The van der Waals surface area contributed by atoms with Crippen molar-refractivity contribution < 1.29 is 32.6 Å². The Morgan fingerprint density at radius 3 is 2.17 bits per heavy atom. The van der Waals surface area contributed by atoms with Crippen LogP contribution in [0, 0.1) is 0 Å². The summed E-state index contributed by atoms with van der Waals surface area (Å²) in [6, 6.07) is 9.11. The second kappa shape index (κ2) is 4.80. The molecule has 1 unspecified atom stereocenters. The van der Waals surface area contributed by atoms with Gasteiger partial charge in [0.1, 0.15) is 5.60 Å². The number of hydrogen-bond donors (Lipinski definition) is 2. The maximum absolute atomic E-state index is 9.54. The van der Waals surface area contributed by atoms with Gasteiger partial charge in [0.25, 0.3) is 0 Å². The summed E-state index contributed by atoms with van der Waals surface area (Å²) in [6.45, 7) is 1.33. The first-order chi connectivity index (χ1) is 5.17. The molecule has 0 heterocycles. The van der Waals surface area contributed by atoms with Gasteiger partial charge in [-0.05, 0) is 12.5 Å². The number of rotatable bonds is 2. The average Bonchev–Trinajstić information content (AvgIpc) is 2.06. The van der Waals surface area contributed by atoms with Crippen molar-refractivity contribution in [2.75, 3.05) is 6.61 Å². The molecule has 0 fully saturated rings. The fourth-order valence-corrected chi connectivity index (χ4v) is 0.888. The molecule has 3 heteroatoms. The van der Waals surface area contributed by atoms with Crippen molar-refractivity contribution in [3.05, 3.63) is 35.9 Å². The van der Waals surface area contributed by atoms with Crippen LogP contribution in [-0.2, 0) is 28.0 Å². The maximum atomic E-state index is 9.54. The summed E-state index contributed by atoms with van der Waals surface area (Å²) >= 11 is 0. The van der Waals surface area contributed by atoms with Crippen LogP contribution >= 0.6 is 0 Å². The van der Waals surface area contributed by atoms with Crippen LogP contribution in [0.1, 0.15) is 12.5 Å². The standard InChI is InChI=1S/C9H12O2.Au/c1-9(11,7-10)8-5-3-2-4-6-8;/h2-6,10-11H,7H2,1H3;. The molecule has 2 nitrogen and oxygen atoms in total. The molecule has 0 saturated carbocycles. The van der Waals surface area contributed by atoms with E-state index in [0.29, 0.717) is 0 Å². The summed E-state index contributed by atoms with van der Waals surface area (Å²) in [5.41, 5.74) is -0.371. The first-order valence-corrected chi connectivity index (χ1v) is 3.55. The Hall–Kier alpha value is -0.120. The van der Waals surface area contributed by atoms with Gasteiger partial charge in [0.05, 0.1) is 6.61 Å². The van der Waals surface area contributed by atoms with Crippen LogP contribution in [0.2, 0.25) is 0 Å². The van der Waals surface area contributed by atoms with Gasteiger partial charge in [0, 0.05) is 22.4 Å². The van der Waals surface area contributed by atoms with Crippen molar-refractivity contribution in [3.8, 4) is 0 Å². The molecule has 0 aliphatic carbocycles. The smallest absolute Gasteiger partial charge is 0.110 e. The third kappa shape index (κ3) is 2.73. The van der Waals surface area contributed by atoms with Gasteiger partial charge in [-0.2, -0.15) is 0 Å². The molecule has 0 aliphatic rings. The van der Waals surface area contributed by atoms with Crippen LogP contribution in [0.3, 0.4) is 0 Å². The van der Waals surface area contributed by atoms with Crippen molar-refractivity contribution >= 4 is 0 Å². The number of aliphatic hydroxyl groups excluding tert-OH is 1. The Balaban J connectivity index is 0.00000121. The summed E-state index contributed by atoms with van der Waals surface area (Å²) in [5, 5.41) is 18.3. The fraction of sp³-hybridized carbons (Fsp3) is 0.333. The van der Waals surface area contributed by atoms with Gasteiger partial charge in [-0.3, -0.25) is 0 Å².